The Balaban J connectivity index is 3.30. The van der Waals surface area contributed by atoms with Gasteiger partial charge in [-0.3, -0.25) is 0 Å². The van der Waals surface area contributed by atoms with Crippen molar-refractivity contribution in [3.05, 3.63) is 40.8 Å². The van der Waals surface area contributed by atoms with Crippen molar-refractivity contribution in [2.24, 2.45) is 11.0 Å². The molecule has 0 aromatic heterocycles. The van der Waals surface area contributed by atoms with Gasteiger partial charge >= 0.3 is 16.1 Å². The Bertz CT molecular complexity index is 532. The van der Waals surface area contributed by atoms with E-state index in [0.29, 0.717) is 0 Å². The van der Waals surface area contributed by atoms with Gasteiger partial charge in [0.05, 0.1) is 0 Å². The van der Waals surface area contributed by atoms with Gasteiger partial charge in [-0.15, -0.1) is 5.53 Å². The van der Waals surface area contributed by atoms with Crippen LogP contribution in [-0.2, 0) is 10.0 Å². The maximum absolute atomic E-state index is 11.7. The molecular weight excluding hydrogens is 234 g/mol. The fourth-order valence-corrected chi connectivity index (χ4v) is 2.01. The van der Waals surface area contributed by atoms with Crippen LogP contribution in [0, 0.1) is 0 Å². The van der Waals surface area contributed by atoms with Gasteiger partial charge in [0.2, 0.25) is 0 Å². The van der Waals surface area contributed by atoms with E-state index < -0.39 is 16.1 Å². The van der Waals surface area contributed by atoms with Crippen molar-refractivity contribution in [3.63, 3.8) is 0 Å². The van der Waals surface area contributed by atoms with Crippen molar-refractivity contribution in [1.82, 2.24) is 4.41 Å². The highest BCUT2D eigenvalue weighted by Gasteiger charge is 2.31. The van der Waals surface area contributed by atoms with Gasteiger partial charge in [0.15, 0.2) is 0 Å². The molecule has 0 saturated carbocycles. The van der Waals surface area contributed by atoms with Crippen LogP contribution in [0.1, 0.15) is 0 Å². The van der Waals surface area contributed by atoms with E-state index in [0.717, 1.165) is 0 Å². The number of primary amides is 1. The number of sulfonamides is 1. The third kappa shape index (κ3) is 2.22. The maximum atomic E-state index is 11.7. The molecule has 9 heteroatoms. The zero-order valence-electron chi connectivity index (χ0n) is 7.89. The third-order valence-corrected chi connectivity index (χ3v) is 3.15. The minimum atomic E-state index is -4.22. The van der Waals surface area contributed by atoms with E-state index in [-0.39, 0.29) is 9.31 Å². The lowest BCUT2D eigenvalue weighted by Gasteiger charge is -2.08. The molecule has 8 nitrogen and oxygen atoms in total. The van der Waals surface area contributed by atoms with E-state index >= 15 is 0 Å². The second kappa shape index (κ2) is 4.51. The van der Waals surface area contributed by atoms with E-state index in [1.54, 1.807) is 6.07 Å². The van der Waals surface area contributed by atoms with Crippen LogP contribution in [0.2, 0.25) is 0 Å². The molecule has 0 saturated heterocycles. The molecule has 16 heavy (non-hydrogen) atoms. The summed E-state index contributed by atoms with van der Waals surface area (Å²) in [5.74, 6) is 0. The number of urea groups is 1. The third-order valence-electron chi connectivity index (χ3n) is 1.58. The molecule has 0 spiro atoms. The summed E-state index contributed by atoms with van der Waals surface area (Å²) >= 11 is 0. The van der Waals surface area contributed by atoms with Crippen molar-refractivity contribution in [2.45, 2.75) is 4.90 Å². The predicted molar refractivity (Wildman–Crippen MR) is 54.2 cm³/mol. The second-order valence-electron chi connectivity index (χ2n) is 2.58. The van der Waals surface area contributed by atoms with E-state index in [1.807, 2.05) is 0 Å². The number of azide groups is 1. The van der Waals surface area contributed by atoms with Crippen molar-refractivity contribution in [2.75, 3.05) is 0 Å². The van der Waals surface area contributed by atoms with Gasteiger partial charge in [-0.25, -0.2) is 4.79 Å². The minimum absolute atomic E-state index is 0.109. The lowest BCUT2D eigenvalue weighted by Crippen LogP contribution is -2.36. The number of benzene rings is 1. The summed E-state index contributed by atoms with van der Waals surface area (Å²) in [5, 5.41) is 2.72. The molecule has 0 aliphatic rings. The number of rotatable bonds is 3. The van der Waals surface area contributed by atoms with E-state index in [1.165, 1.54) is 24.3 Å². The molecule has 1 aromatic carbocycles. The largest absolute Gasteiger partial charge is 0.425 e. The van der Waals surface area contributed by atoms with Crippen molar-refractivity contribution >= 4 is 16.1 Å². The molecule has 1 rings (SSSR count). The SMILES string of the molecule is [N-]=[N+]=NN(C(N)=O)S(=O)(=O)c1ccccc1. The van der Waals surface area contributed by atoms with Crippen LogP contribution in [0.3, 0.4) is 0 Å². The average Bonchev–Trinajstić information content (AvgIpc) is 2.26. The number of nitrogens with two attached hydrogens (primary N) is 1. The first-order valence-corrected chi connectivity index (χ1v) is 5.39. The molecule has 0 bridgehead atoms. The van der Waals surface area contributed by atoms with Crippen LogP contribution in [0.15, 0.2) is 40.5 Å². The number of hydrogen-bond donors (Lipinski definition) is 1. The lowest BCUT2D eigenvalue weighted by atomic mass is 10.4. The molecule has 0 atom stereocenters. The molecule has 0 unspecified atom stereocenters. The number of amides is 2. The standard InChI is InChI=1S/C7H7N5O3S/c8-7(13)12(11-10-9)16(14,15)6-4-2-1-3-5-6/h1-5H,(H2,8,13). The van der Waals surface area contributed by atoms with Crippen LogP contribution >= 0.6 is 0 Å². The number of carbonyl (C=O) groups is 1. The van der Waals surface area contributed by atoms with Gasteiger partial charge in [-0.1, -0.05) is 18.2 Å². The molecule has 2 N–H and O–H groups in total. The smallest absolute Gasteiger partial charge is 0.330 e. The monoisotopic (exact) mass is 241 g/mol. The average molecular weight is 241 g/mol. The topological polar surface area (TPSA) is 129 Å². The molecule has 0 aliphatic carbocycles. The zero-order valence-corrected chi connectivity index (χ0v) is 8.70. The Morgan fingerprint density at radius 2 is 1.94 bits per heavy atom. The number of carbonyl (C=O) groups excluding carboxylic acids is 1. The van der Waals surface area contributed by atoms with Crippen LogP contribution in [0.5, 0.6) is 0 Å². The van der Waals surface area contributed by atoms with Gasteiger partial charge in [0.1, 0.15) is 4.90 Å². The van der Waals surface area contributed by atoms with E-state index in [4.69, 9.17) is 11.3 Å². The Labute approximate surface area is 90.9 Å². The molecule has 0 fully saturated rings. The molecule has 0 heterocycles. The van der Waals surface area contributed by atoms with Gasteiger partial charge in [-0.2, -0.15) is 13.3 Å². The summed E-state index contributed by atoms with van der Waals surface area (Å²) in [7, 11) is -4.22. The number of nitrogens with zero attached hydrogens (tertiary/aromatic N) is 4. The normalized spacial score (nSPS) is 10.2. The number of hydrogen-bond acceptors (Lipinski definition) is 4. The molecule has 84 valence electrons. The fourth-order valence-electron chi connectivity index (χ4n) is 0.939. The van der Waals surface area contributed by atoms with Gasteiger partial charge < -0.3 is 5.73 Å². The zero-order chi connectivity index (χ0) is 12.2. The first kappa shape index (κ1) is 11.8. The highest BCUT2D eigenvalue weighted by Crippen LogP contribution is 2.15. The summed E-state index contributed by atoms with van der Waals surface area (Å²) in [6.07, 6.45) is 0. The van der Waals surface area contributed by atoms with E-state index in [9.17, 15) is 13.2 Å². The predicted octanol–water partition coefficient (Wildman–Crippen LogP) is 0.981. The summed E-state index contributed by atoms with van der Waals surface area (Å²) in [4.78, 5) is 12.8. The van der Waals surface area contributed by atoms with Crippen LogP contribution in [0.4, 0.5) is 4.79 Å². The molecule has 1 aromatic rings. The van der Waals surface area contributed by atoms with Crippen LogP contribution < -0.4 is 5.73 Å². The van der Waals surface area contributed by atoms with E-state index in [2.05, 4.69) is 10.1 Å². The summed E-state index contributed by atoms with van der Waals surface area (Å²) in [6, 6.07) is 5.64. The quantitative estimate of drug-likeness (QED) is 0.366. The second-order valence-corrected chi connectivity index (χ2v) is 4.35. The van der Waals surface area contributed by atoms with Crippen LogP contribution in [0.25, 0.3) is 10.4 Å². The first-order chi connectivity index (χ1) is 7.50. The Morgan fingerprint density at radius 1 is 1.38 bits per heavy atom. The molecule has 2 amide bonds. The highest BCUT2D eigenvalue weighted by molar-refractivity contribution is 7.89. The summed E-state index contributed by atoms with van der Waals surface area (Å²) in [5.41, 5.74) is 12.9. The summed E-state index contributed by atoms with van der Waals surface area (Å²) in [6.45, 7) is 0. The fraction of sp³-hybridized carbons (Fsp3) is 0. The Kier molecular flexibility index (Phi) is 3.33. The minimum Gasteiger partial charge on any atom is -0.330 e. The van der Waals surface area contributed by atoms with Gasteiger partial charge in [0.25, 0.3) is 0 Å². The first-order valence-electron chi connectivity index (χ1n) is 3.95. The molecular formula is C7H7N5O3S. The lowest BCUT2D eigenvalue weighted by molar-refractivity contribution is 0.232. The van der Waals surface area contributed by atoms with Crippen molar-refractivity contribution in [1.29, 1.82) is 0 Å². The molecule has 0 radical (unpaired) electrons. The van der Waals surface area contributed by atoms with Gasteiger partial charge in [-0.05, 0) is 16.5 Å². The van der Waals surface area contributed by atoms with Crippen molar-refractivity contribution in [3.8, 4) is 0 Å². The molecule has 0 aliphatic heterocycles. The summed E-state index contributed by atoms with van der Waals surface area (Å²) < 4.78 is 23.3. The van der Waals surface area contributed by atoms with Crippen molar-refractivity contribution < 1.29 is 13.2 Å². The Hall–Kier alpha value is -2.25. The highest BCUT2D eigenvalue weighted by atomic mass is 32.2. The Morgan fingerprint density at radius 3 is 2.38 bits per heavy atom. The van der Waals surface area contributed by atoms with Gasteiger partial charge in [0, 0.05) is 5.22 Å². The maximum Gasteiger partial charge on any atom is 0.425 e. The van der Waals surface area contributed by atoms with Crippen LogP contribution in [-0.4, -0.2) is 18.9 Å².